The van der Waals surface area contributed by atoms with Crippen molar-refractivity contribution in [2.24, 2.45) is 0 Å². The van der Waals surface area contributed by atoms with Gasteiger partial charge in [0.1, 0.15) is 5.82 Å². The molecule has 1 fully saturated rings. The fraction of sp³-hybridized carbons (Fsp3) is 0.226. The number of benzene rings is 3. The standard InChI is InChI=1S/C31H29FN6O/c1-36-13-10-25(11-14-36)38-19-23(17-34-38)21-5-7-27-26(15-21)31(39)37(29-16-24(32)6-8-28(29)35-27)18-22-4-2-3-20-9-12-33-30(20)22/h2-9,12,15-17,19,25,33,35H,10-11,13-14,18H2,1H3. The summed E-state index contributed by atoms with van der Waals surface area (Å²) in [5, 5.41) is 9.12. The van der Waals surface area contributed by atoms with Gasteiger partial charge in [-0.05, 0) is 85.9 Å². The van der Waals surface area contributed by atoms with E-state index >= 15 is 0 Å². The minimum atomic E-state index is -0.389. The molecule has 0 atom stereocenters. The Morgan fingerprint density at radius 1 is 1.00 bits per heavy atom. The van der Waals surface area contributed by atoms with E-state index in [0.717, 1.165) is 53.5 Å². The Morgan fingerprint density at radius 3 is 2.72 bits per heavy atom. The molecule has 0 spiro atoms. The van der Waals surface area contributed by atoms with E-state index < -0.39 is 0 Å². The van der Waals surface area contributed by atoms with Crippen LogP contribution in [-0.4, -0.2) is 45.7 Å². The highest BCUT2D eigenvalue weighted by molar-refractivity contribution is 6.14. The molecule has 5 aromatic rings. The second kappa shape index (κ2) is 9.39. The molecule has 0 aliphatic carbocycles. The van der Waals surface area contributed by atoms with Gasteiger partial charge in [0.05, 0.1) is 46.9 Å². The molecule has 39 heavy (non-hydrogen) atoms. The number of halogens is 1. The molecule has 0 bridgehead atoms. The molecular formula is C31H29FN6O. The van der Waals surface area contributed by atoms with Gasteiger partial charge >= 0.3 is 0 Å². The van der Waals surface area contributed by atoms with Crippen LogP contribution >= 0.6 is 0 Å². The van der Waals surface area contributed by atoms with Crippen molar-refractivity contribution in [2.75, 3.05) is 30.4 Å². The van der Waals surface area contributed by atoms with Crippen molar-refractivity contribution < 1.29 is 9.18 Å². The van der Waals surface area contributed by atoms with E-state index in [9.17, 15) is 9.18 Å². The van der Waals surface area contributed by atoms with E-state index in [1.54, 1.807) is 11.0 Å². The lowest BCUT2D eigenvalue weighted by Gasteiger charge is -2.28. The number of anilines is 3. The molecule has 8 heteroatoms. The molecular weight excluding hydrogens is 491 g/mol. The van der Waals surface area contributed by atoms with Crippen LogP contribution in [0.15, 0.2) is 79.3 Å². The molecule has 7 nitrogen and oxygen atoms in total. The smallest absolute Gasteiger partial charge is 0.260 e. The van der Waals surface area contributed by atoms with Crippen LogP contribution in [0.3, 0.4) is 0 Å². The van der Waals surface area contributed by atoms with Gasteiger partial charge in [0.15, 0.2) is 0 Å². The lowest BCUT2D eigenvalue weighted by molar-refractivity contribution is 0.0986. The van der Waals surface area contributed by atoms with Gasteiger partial charge in [-0.3, -0.25) is 9.48 Å². The number of nitrogens with one attached hydrogen (secondary N) is 2. The predicted octanol–water partition coefficient (Wildman–Crippen LogP) is 6.34. The summed E-state index contributed by atoms with van der Waals surface area (Å²) >= 11 is 0. The Kier molecular flexibility index (Phi) is 5.70. The largest absolute Gasteiger partial charge is 0.361 e. The molecule has 2 N–H and O–H groups in total. The summed E-state index contributed by atoms with van der Waals surface area (Å²) in [6.45, 7) is 2.42. The third-order valence-corrected chi connectivity index (χ3v) is 8.01. The van der Waals surface area contributed by atoms with Gasteiger partial charge in [-0.25, -0.2) is 4.39 Å². The van der Waals surface area contributed by atoms with Crippen molar-refractivity contribution in [3.8, 4) is 11.1 Å². The van der Waals surface area contributed by atoms with Crippen LogP contribution in [0.5, 0.6) is 0 Å². The number of amides is 1. The summed E-state index contributed by atoms with van der Waals surface area (Å²) in [5.74, 6) is -0.575. The summed E-state index contributed by atoms with van der Waals surface area (Å²) in [6, 6.07) is 18.8. The lowest BCUT2D eigenvalue weighted by atomic mass is 10.0. The Balaban J connectivity index is 1.27. The third-order valence-electron chi connectivity index (χ3n) is 8.01. The van der Waals surface area contributed by atoms with E-state index in [4.69, 9.17) is 0 Å². The minimum Gasteiger partial charge on any atom is -0.361 e. The zero-order valence-corrected chi connectivity index (χ0v) is 21.7. The van der Waals surface area contributed by atoms with E-state index in [1.807, 2.05) is 54.9 Å². The number of fused-ring (bicyclic) bond motifs is 3. The number of carbonyl (C=O) groups excluding carboxylic acids is 1. The van der Waals surface area contributed by atoms with Crippen molar-refractivity contribution in [2.45, 2.75) is 25.4 Å². The maximum Gasteiger partial charge on any atom is 0.260 e. The van der Waals surface area contributed by atoms with Crippen molar-refractivity contribution in [3.05, 3.63) is 96.2 Å². The van der Waals surface area contributed by atoms with Crippen LogP contribution in [-0.2, 0) is 6.54 Å². The number of H-pyrrole nitrogens is 1. The van der Waals surface area contributed by atoms with Gasteiger partial charge in [-0.1, -0.05) is 24.3 Å². The molecule has 1 saturated heterocycles. The highest BCUT2D eigenvalue weighted by Gasteiger charge is 2.29. The first-order valence-electron chi connectivity index (χ1n) is 13.3. The molecule has 4 heterocycles. The lowest BCUT2D eigenvalue weighted by Crippen LogP contribution is -2.31. The number of hydrogen-bond donors (Lipinski definition) is 2. The molecule has 0 radical (unpaired) electrons. The van der Waals surface area contributed by atoms with E-state index in [1.165, 1.54) is 12.1 Å². The zero-order chi connectivity index (χ0) is 26.5. The maximum absolute atomic E-state index is 14.5. The molecule has 3 aromatic carbocycles. The molecule has 0 unspecified atom stereocenters. The SMILES string of the molecule is CN1CCC(n2cc(-c3ccc4c(c3)C(=O)N(Cc3cccc5cc[nH]c35)c3cc(F)ccc3N4)cn2)CC1. The topological polar surface area (TPSA) is 69.2 Å². The monoisotopic (exact) mass is 520 g/mol. The molecule has 0 saturated carbocycles. The Morgan fingerprint density at radius 2 is 1.85 bits per heavy atom. The average Bonchev–Trinajstić information content (AvgIpc) is 3.62. The van der Waals surface area contributed by atoms with Gasteiger partial charge < -0.3 is 20.1 Å². The normalized spacial score (nSPS) is 16.2. The number of para-hydroxylation sites is 1. The Labute approximate surface area is 225 Å². The fourth-order valence-electron chi connectivity index (χ4n) is 5.80. The summed E-state index contributed by atoms with van der Waals surface area (Å²) in [4.78, 5) is 21.5. The summed E-state index contributed by atoms with van der Waals surface area (Å²) in [7, 11) is 2.15. The molecule has 2 aliphatic rings. The molecule has 7 rings (SSSR count). The van der Waals surface area contributed by atoms with E-state index in [-0.39, 0.29) is 11.7 Å². The zero-order valence-electron chi connectivity index (χ0n) is 21.7. The number of likely N-dealkylation sites (tertiary alicyclic amines) is 1. The number of rotatable bonds is 4. The average molecular weight is 521 g/mol. The second-order valence-corrected chi connectivity index (χ2v) is 10.5. The highest BCUT2D eigenvalue weighted by Crippen LogP contribution is 2.39. The first-order valence-corrected chi connectivity index (χ1v) is 13.3. The maximum atomic E-state index is 14.5. The van der Waals surface area contributed by atoms with Crippen LogP contribution in [0.2, 0.25) is 0 Å². The number of piperidine rings is 1. The Bertz CT molecular complexity index is 1700. The van der Waals surface area contributed by atoms with Crippen molar-refractivity contribution >= 4 is 33.9 Å². The quantitative estimate of drug-likeness (QED) is 0.290. The number of nitrogens with zero attached hydrogens (tertiary/aromatic N) is 4. The fourth-order valence-corrected chi connectivity index (χ4v) is 5.80. The third kappa shape index (κ3) is 4.27. The van der Waals surface area contributed by atoms with Gasteiger partial charge in [-0.15, -0.1) is 0 Å². The van der Waals surface area contributed by atoms with Gasteiger partial charge in [0, 0.05) is 18.0 Å². The van der Waals surface area contributed by atoms with Crippen molar-refractivity contribution in [1.82, 2.24) is 19.7 Å². The van der Waals surface area contributed by atoms with Gasteiger partial charge in [-0.2, -0.15) is 5.10 Å². The summed E-state index contributed by atoms with van der Waals surface area (Å²) in [5.41, 5.74) is 6.25. The van der Waals surface area contributed by atoms with E-state index in [2.05, 4.69) is 38.2 Å². The van der Waals surface area contributed by atoms with Crippen LogP contribution in [0.25, 0.3) is 22.0 Å². The molecule has 1 amide bonds. The van der Waals surface area contributed by atoms with Gasteiger partial charge in [0.25, 0.3) is 5.91 Å². The Hall–Kier alpha value is -4.43. The number of aromatic amines is 1. The second-order valence-electron chi connectivity index (χ2n) is 10.5. The highest BCUT2D eigenvalue weighted by atomic mass is 19.1. The van der Waals surface area contributed by atoms with Gasteiger partial charge in [0.2, 0.25) is 0 Å². The van der Waals surface area contributed by atoms with Crippen LogP contribution in [0.1, 0.15) is 34.8 Å². The van der Waals surface area contributed by atoms with Crippen LogP contribution < -0.4 is 10.2 Å². The molecule has 2 aromatic heterocycles. The first kappa shape index (κ1) is 23.7. The van der Waals surface area contributed by atoms with Crippen LogP contribution in [0, 0.1) is 5.82 Å². The number of hydrogen-bond acceptors (Lipinski definition) is 4. The number of carbonyl (C=O) groups is 1. The van der Waals surface area contributed by atoms with Crippen molar-refractivity contribution in [1.29, 1.82) is 0 Å². The summed E-state index contributed by atoms with van der Waals surface area (Å²) < 4.78 is 16.5. The molecule has 2 aliphatic heterocycles. The van der Waals surface area contributed by atoms with Crippen LogP contribution in [0.4, 0.5) is 21.5 Å². The van der Waals surface area contributed by atoms with E-state index in [0.29, 0.717) is 35.2 Å². The first-order chi connectivity index (χ1) is 19.0. The molecule has 196 valence electrons. The number of aromatic nitrogens is 3. The minimum absolute atomic E-state index is 0.185. The van der Waals surface area contributed by atoms with Crippen molar-refractivity contribution in [3.63, 3.8) is 0 Å². The predicted molar refractivity (Wildman–Crippen MR) is 152 cm³/mol. The summed E-state index contributed by atoms with van der Waals surface area (Å²) in [6.07, 6.45) is 7.99.